The first kappa shape index (κ1) is 20.7. The molecule has 8 heteroatoms. The Morgan fingerprint density at radius 2 is 1.89 bits per heavy atom. The first-order chi connectivity index (χ1) is 13.6. The van der Waals surface area contributed by atoms with Crippen molar-refractivity contribution < 1.29 is 19.1 Å². The van der Waals surface area contributed by atoms with E-state index in [0.717, 1.165) is 19.3 Å². The smallest absolute Gasteiger partial charge is 0.274 e. The molecule has 1 aromatic rings. The van der Waals surface area contributed by atoms with Gasteiger partial charge < -0.3 is 19.3 Å². The van der Waals surface area contributed by atoms with E-state index < -0.39 is 5.79 Å². The molecular formula is C20H30N4O4. The van der Waals surface area contributed by atoms with Crippen LogP contribution in [0.1, 0.15) is 55.9 Å². The van der Waals surface area contributed by atoms with Gasteiger partial charge in [0.15, 0.2) is 5.79 Å². The number of nitrogens with zero attached hydrogens (tertiary/aromatic N) is 4. The van der Waals surface area contributed by atoms with Crippen molar-refractivity contribution in [1.82, 2.24) is 19.8 Å². The number of piperidine rings is 1. The molecule has 3 rings (SSSR count). The van der Waals surface area contributed by atoms with E-state index in [-0.39, 0.29) is 11.8 Å². The molecule has 28 heavy (non-hydrogen) atoms. The summed E-state index contributed by atoms with van der Waals surface area (Å²) >= 11 is 0. The lowest BCUT2D eigenvalue weighted by Crippen LogP contribution is -2.48. The highest BCUT2D eigenvalue weighted by molar-refractivity contribution is 5.92. The Hall–Kier alpha value is -2.06. The van der Waals surface area contributed by atoms with Gasteiger partial charge in [-0.25, -0.2) is 4.98 Å². The standard InChI is InChI=1S/C20H30N4O4/c1-2-3-4-10-24(19(26)17-16-21-8-9-22-17)11-5-18(25)23-12-6-20(7-13-23)27-14-15-28-20/h8-9,16H,2-7,10-15H2,1H3. The van der Waals surface area contributed by atoms with Crippen molar-refractivity contribution in [2.45, 2.75) is 51.2 Å². The summed E-state index contributed by atoms with van der Waals surface area (Å²) in [6, 6.07) is 0. The number of likely N-dealkylation sites (tertiary alicyclic amines) is 1. The molecule has 8 nitrogen and oxygen atoms in total. The minimum Gasteiger partial charge on any atom is -0.347 e. The van der Waals surface area contributed by atoms with Gasteiger partial charge in [0.25, 0.3) is 5.91 Å². The van der Waals surface area contributed by atoms with Crippen LogP contribution in [-0.4, -0.2) is 76.8 Å². The van der Waals surface area contributed by atoms with Gasteiger partial charge in [-0.3, -0.25) is 14.6 Å². The van der Waals surface area contributed by atoms with E-state index in [2.05, 4.69) is 16.9 Å². The van der Waals surface area contributed by atoms with Crippen LogP contribution >= 0.6 is 0 Å². The van der Waals surface area contributed by atoms with Gasteiger partial charge in [0.1, 0.15) is 5.69 Å². The van der Waals surface area contributed by atoms with E-state index in [4.69, 9.17) is 9.47 Å². The second-order valence-electron chi connectivity index (χ2n) is 7.33. The number of aromatic nitrogens is 2. The summed E-state index contributed by atoms with van der Waals surface area (Å²) in [5.74, 6) is -0.576. The third kappa shape index (κ3) is 5.26. The highest BCUT2D eigenvalue weighted by Gasteiger charge is 2.40. The molecule has 3 heterocycles. The summed E-state index contributed by atoms with van der Waals surface area (Å²) in [7, 11) is 0. The Balaban J connectivity index is 1.52. The lowest BCUT2D eigenvalue weighted by molar-refractivity contribution is -0.187. The summed E-state index contributed by atoms with van der Waals surface area (Å²) in [6.07, 6.45) is 9.29. The van der Waals surface area contributed by atoms with Crippen molar-refractivity contribution in [2.75, 3.05) is 39.4 Å². The van der Waals surface area contributed by atoms with Gasteiger partial charge in [0, 0.05) is 57.8 Å². The molecule has 0 unspecified atom stereocenters. The number of amides is 2. The average molecular weight is 390 g/mol. The van der Waals surface area contributed by atoms with Gasteiger partial charge in [-0.05, 0) is 6.42 Å². The lowest BCUT2D eigenvalue weighted by atomic mass is 10.0. The van der Waals surface area contributed by atoms with Crippen molar-refractivity contribution >= 4 is 11.8 Å². The zero-order valence-electron chi connectivity index (χ0n) is 16.6. The van der Waals surface area contributed by atoms with E-state index in [9.17, 15) is 9.59 Å². The number of hydrogen-bond donors (Lipinski definition) is 0. The van der Waals surface area contributed by atoms with Crippen LogP contribution in [0.3, 0.4) is 0 Å². The third-order valence-corrected chi connectivity index (χ3v) is 5.39. The molecule has 0 bridgehead atoms. The number of ether oxygens (including phenoxy) is 2. The van der Waals surface area contributed by atoms with Crippen molar-refractivity contribution in [3.63, 3.8) is 0 Å². The molecule has 2 aliphatic rings. The molecule has 154 valence electrons. The predicted octanol–water partition coefficient (Wildman–Crippen LogP) is 1.86. The van der Waals surface area contributed by atoms with Crippen LogP contribution in [0, 0.1) is 0 Å². The quantitative estimate of drug-likeness (QED) is 0.630. The van der Waals surface area contributed by atoms with E-state index in [1.54, 1.807) is 11.1 Å². The Kier molecular flexibility index (Phi) is 7.33. The van der Waals surface area contributed by atoms with Gasteiger partial charge in [-0.15, -0.1) is 0 Å². The zero-order valence-corrected chi connectivity index (χ0v) is 16.6. The molecule has 2 fully saturated rings. The average Bonchev–Trinajstić information content (AvgIpc) is 3.19. The third-order valence-electron chi connectivity index (χ3n) is 5.39. The van der Waals surface area contributed by atoms with Crippen LogP contribution < -0.4 is 0 Å². The summed E-state index contributed by atoms with van der Waals surface area (Å²) in [5, 5.41) is 0. The fourth-order valence-corrected chi connectivity index (χ4v) is 3.71. The fraction of sp³-hybridized carbons (Fsp3) is 0.700. The number of hydrogen-bond acceptors (Lipinski definition) is 6. The molecule has 0 saturated carbocycles. The molecule has 2 amide bonds. The zero-order chi connectivity index (χ0) is 19.8. The second kappa shape index (κ2) is 9.93. The molecule has 0 radical (unpaired) electrons. The maximum absolute atomic E-state index is 12.8. The predicted molar refractivity (Wildman–Crippen MR) is 103 cm³/mol. The van der Waals surface area contributed by atoms with Gasteiger partial charge in [0.05, 0.1) is 19.4 Å². The normalized spacial score (nSPS) is 18.4. The highest BCUT2D eigenvalue weighted by atomic mass is 16.7. The summed E-state index contributed by atoms with van der Waals surface area (Å²) in [6.45, 7) is 5.67. The first-order valence-corrected chi connectivity index (χ1v) is 10.2. The molecule has 2 saturated heterocycles. The number of carbonyl (C=O) groups is 2. The van der Waals surface area contributed by atoms with Crippen LogP contribution in [0.4, 0.5) is 0 Å². The molecule has 1 aromatic heterocycles. The monoisotopic (exact) mass is 390 g/mol. The van der Waals surface area contributed by atoms with Crippen molar-refractivity contribution in [3.05, 3.63) is 24.3 Å². The second-order valence-corrected chi connectivity index (χ2v) is 7.33. The highest BCUT2D eigenvalue weighted by Crippen LogP contribution is 2.31. The molecule has 0 aliphatic carbocycles. The van der Waals surface area contributed by atoms with Crippen molar-refractivity contribution in [2.24, 2.45) is 0 Å². The SMILES string of the molecule is CCCCCN(CCC(=O)N1CCC2(CC1)OCCO2)C(=O)c1cnccn1. The maximum Gasteiger partial charge on any atom is 0.274 e. The van der Waals surface area contributed by atoms with E-state index >= 15 is 0 Å². The molecule has 1 spiro atoms. The van der Waals surface area contributed by atoms with Crippen molar-refractivity contribution in [3.8, 4) is 0 Å². The fourth-order valence-electron chi connectivity index (χ4n) is 3.71. The van der Waals surface area contributed by atoms with E-state index in [0.29, 0.717) is 64.3 Å². The number of unbranched alkanes of at least 4 members (excludes halogenated alkanes) is 2. The molecule has 0 atom stereocenters. The van der Waals surface area contributed by atoms with Crippen LogP contribution in [0.25, 0.3) is 0 Å². The number of rotatable bonds is 8. The number of carbonyl (C=O) groups excluding carboxylic acids is 2. The van der Waals surface area contributed by atoms with Gasteiger partial charge in [0.2, 0.25) is 5.91 Å². The summed E-state index contributed by atoms with van der Waals surface area (Å²) in [4.78, 5) is 37.1. The minimum atomic E-state index is -0.481. The lowest BCUT2D eigenvalue weighted by Gasteiger charge is -2.37. The topological polar surface area (TPSA) is 84.9 Å². The maximum atomic E-state index is 12.8. The van der Waals surface area contributed by atoms with Crippen LogP contribution in [0.15, 0.2) is 18.6 Å². The largest absolute Gasteiger partial charge is 0.347 e. The van der Waals surface area contributed by atoms with Gasteiger partial charge in [-0.1, -0.05) is 19.8 Å². The molecule has 0 N–H and O–H groups in total. The molecular weight excluding hydrogens is 360 g/mol. The Bertz CT molecular complexity index is 639. The summed E-state index contributed by atoms with van der Waals surface area (Å²) in [5.41, 5.74) is 0.321. The van der Waals surface area contributed by atoms with Gasteiger partial charge >= 0.3 is 0 Å². The molecule has 2 aliphatic heterocycles. The Morgan fingerprint density at radius 3 is 2.54 bits per heavy atom. The minimum absolute atomic E-state index is 0.0697. The van der Waals surface area contributed by atoms with E-state index in [1.807, 2.05) is 4.90 Å². The van der Waals surface area contributed by atoms with Crippen LogP contribution in [-0.2, 0) is 14.3 Å². The van der Waals surface area contributed by atoms with Crippen LogP contribution in [0.5, 0.6) is 0 Å². The Labute approximate surface area is 166 Å². The Morgan fingerprint density at radius 1 is 1.14 bits per heavy atom. The van der Waals surface area contributed by atoms with E-state index in [1.165, 1.54) is 12.4 Å². The van der Waals surface area contributed by atoms with Crippen LogP contribution in [0.2, 0.25) is 0 Å². The summed E-state index contributed by atoms with van der Waals surface area (Å²) < 4.78 is 11.4. The molecule has 0 aromatic carbocycles. The van der Waals surface area contributed by atoms with Crippen molar-refractivity contribution in [1.29, 1.82) is 0 Å². The first-order valence-electron chi connectivity index (χ1n) is 10.2. The van der Waals surface area contributed by atoms with Gasteiger partial charge in [-0.2, -0.15) is 0 Å².